The minimum atomic E-state index is 0.649. The fourth-order valence-corrected chi connectivity index (χ4v) is 2.76. The molecule has 3 nitrogen and oxygen atoms in total. The van der Waals surface area contributed by atoms with Crippen LogP contribution >= 0.6 is 15.9 Å². The van der Waals surface area contributed by atoms with Gasteiger partial charge in [0.15, 0.2) is 0 Å². The van der Waals surface area contributed by atoms with Crippen LogP contribution in [0.5, 0.6) is 0 Å². The smallest absolute Gasteiger partial charge is 0.131 e. The summed E-state index contributed by atoms with van der Waals surface area (Å²) < 4.78 is 1.06. The van der Waals surface area contributed by atoms with Gasteiger partial charge in [-0.25, -0.2) is 4.98 Å². The number of nitrogens with zero attached hydrogens (tertiary/aromatic N) is 3. The molecule has 2 rings (SSSR count). The Morgan fingerprint density at radius 1 is 1.24 bits per heavy atom. The second-order valence-corrected chi connectivity index (χ2v) is 5.83. The van der Waals surface area contributed by atoms with E-state index in [9.17, 15) is 0 Å². The first-order valence-electron chi connectivity index (χ1n) is 6.19. The van der Waals surface area contributed by atoms with Crippen LogP contribution in [0.1, 0.15) is 19.4 Å². The lowest BCUT2D eigenvalue weighted by Gasteiger charge is -2.38. The monoisotopic (exact) mass is 297 g/mol. The van der Waals surface area contributed by atoms with Gasteiger partial charge in [0, 0.05) is 42.9 Å². The zero-order valence-electron chi connectivity index (χ0n) is 10.8. The van der Waals surface area contributed by atoms with Crippen molar-refractivity contribution in [2.24, 2.45) is 0 Å². The number of aryl methyl sites for hydroxylation is 1. The zero-order chi connectivity index (χ0) is 12.4. The highest BCUT2D eigenvalue weighted by molar-refractivity contribution is 9.10. The number of anilines is 1. The molecule has 1 aromatic rings. The fourth-order valence-electron chi connectivity index (χ4n) is 2.31. The SMILES string of the molecule is Cc1cc(Br)cnc1N1CCN(C(C)C)CC1. The van der Waals surface area contributed by atoms with Crippen molar-refractivity contribution in [2.45, 2.75) is 26.8 Å². The van der Waals surface area contributed by atoms with E-state index in [0.29, 0.717) is 6.04 Å². The van der Waals surface area contributed by atoms with Crippen LogP contribution in [0.2, 0.25) is 0 Å². The summed E-state index contributed by atoms with van der Waals surface area (Å²) in [6, 6.07) is 2.79. The molecule has 0 aliphatic carbocycles. The predicted octanol–water partition coefficient (Wildman–Crippen LogP) is 2.68. The second-order valence-electron chi connectivity index (χ2n) is 4.91. The molecule has 0 amide bonds. The van der Waals surface area contributed by atoms with E-state index < -0.39 is 0 Å². The van der Waals surface area contributed by atoms with Crippen LogP contribution in [0, 0.1) is 6.92 Å². The Morgan fingerprint density at radius 3 is 2.41 bits per heavy atom. The fraction of sp³-hybridized carbons (Fsp3) is 0.615. The maximum Gasteiger partial charge on any atom is 0.131 e. The van der Waals surface area contributed by atoms with E-state index in [4.69, 9.17) is 0 Å². The minimum Gasteiger partial charge on any atom is -0.354 e. The van der Waals surface area contributed by atoms with E-state index in [-0.39, 0.29) is 0 Å². The highest BCUT2D eigenvalue weighted by Crippen LogP contribution is 2.22. The van der Waals surface area contributed by atoms with Crippen LogP contribution in [0.15, 0.2) is 16.7 Å². The van der Waals surface area contributed by atoms with Gasteiger partial charge in [-0.1, -0.05) is 0 Å². The predicted molar refractivity (Wildman–Crippen MR) is 75.6 cm³/mol. The van der Waals surface area contributed by atoms with E-state index in [0.717, 1.165) is 36.5 Å². The molecule has 0 N–H and O–H groups in total. The molecule has 0 atom stereocenters. The lowest BCUT2D eigenvalue weighted by molar-refractivity contribution is 0.209. The maximum atomic E-state index is 4.53. The molecule has 0 radical (unpaired) electrons. The van der Waals surface area contributed by atoms with Crippen molar-refractivity contribution >= 4 is 21.7 Å². The van der Waals surface area contributed by atoms with E-state index in [2.05, 4.69) is 57.6 Å². The number of rotatable bonds is 2. The summed E-state index contributed by atoms with van der Waals surface area (Å²) in [5.74, 6) is 1.14. The molecule has 0 saturated carbocycles. The molecule has 4 heteroatoms. The molecule has 0 bridgehead atoms. The highest BCUT2D eigenvalue weighted by atomic mass is 79.9. The van der Waals surface area contributed by atoms with Crippen molar-refractivity contribution in [3.8, 4) is 0 Å². The van der Waals surface area contributed by atoms with Gasteiger partial charge < -0.3 is 4.90 Å². The summed E-state index contributed by atoms with van der Waals surface area (Å²) >= 11 is 3.46. The van der Waals surface area contributed by atoms with Crippen LogP contribution in [0.3, 0.4) is 0 Å². The van der Waals surface area contributed by atoms with Gasteiger partial charge >= 0.3 is 0 Å². The Morgan fingerprint density at radius 2 is 1.88 bits per heavy atom. The first kappa shape index (κ1) is 12.8. The van der Waals surface area contributed by atoms with Gasteiger partial charge in [-0.2, -0.15) is 0 Å². The summed E-state index contributed by atoms with van der Waals surface area (Å²) in [5.41, 5.74) is 1.25. The molecule has 0 spiro atoms. The third kappa shape index (κ3) is 2.99. The maximum absolute atomic E-state index is 4.53. The summed E-state index contributed by atoms with van der Waals surface area (Å²) in [7, 11) is 0. The minimum absolute atomic E-state index is 0.649. The largest absolute Gasteiger partial charge is 0.354 e. The molecule has 2 heterocycles. The summed E-state index contributed by atoms with van der Waals surface area (Å²) in [5, 5.41) is 0. The Bertz CT molecular complexity index is 384. The van der Waals surface area contributed by atoms with Gasteiger partial charge in [0.1, 0.15) is 5.82 Å². The first-order chi connectivity index (χ1) is 8.08. The Balaban J connectivity index is 2.05. The number of halogens is 1. The van der Waals surface area contributed by atoms with Crippen molar-refractivity contribution in [2.75, 3.05) is 31.1 Å². The van der Waals surface area contributed by atoms with Crippen LogP contribution in [0.25, 0.3) is 0 Å². The Hall–Kier alpha value is -0.610. The third-order valence-corrected chi connectivity index (χ3v) is 3.80. The molecule has 1 aliphatic heterocycles. The number of hydrogen-bond donors (Lipinski definition) is 0. The van der Waals surface area contributed by atoms with E-state index in [1.54, 1.807) is 0 Å². The average molecular weight is 298 g/mol. The number of aromatic nitrogens is 1. The normalized spacial score (nSPS) is 17.8. The van der Waals surface area contributed by atoms with Gasteiger partial charge in [0.25, 0.3) is 0 Å². The van der Waals surface area contributed by atoms with Gasteiger partial charge in [-0.15, -0.1) is 0 Å². The van der Waals surface area contributed by atoms with Crippen molar-refractivity contribution in [1.82, 2.24) is 9.88 Å². The second kappa shape index (κ2) is 5.36. The van der Waals surface area contributed by atoms with Crippen LogP contribution in [-0.4, -0.2) is 42.1 Å². The molecule has 0 unspecified atom stereocenters. The van der Waals surface area contributed by atoms with Crippen molar-refractivity contribution in [3.05, 3.63) is 22.3 Å². The third-order valence-electron chi connectivity index (χ3n) is 3.36. The molecule has 1 aromatic heterocycles. The van der Waals surface area contributed by atoms with Gasteiger partial charge in [-0.05, 0) is 48.3 Å². The standard InChI is InChI=1S/C13H20BrN3/c1-10(2)16-4-6-17(7-5-16)13-11(3)8-12(14)9-15-13/h8-10H,4-7H2,1-3H3. The van der Waals surface area contributed by atoms with Gasteiger partial charge in [0.05, 0.1) is 0 Å². The molecular weight excluding hydrogens is 278 g/mol. The lowest BCUT2D eigenvalue weighted by atomic mass is 10.2. The highest BCUT2D eigenvalue weighted by Gasteiger charge is 2.20. The zero-order valence-corrected chi connectivity index (χ0v) is 12.4. The van der Waals surface area contributed by atoms with Crippen LogP contribution < -0.4 is 4.90 Å². The number of pyridine rings is 1. The molecular formula is C13H20BrN3. The summed E-state index contributed by atoms with van der Waals surface area (Å²) in [6.45, 7) is 11.1. The molecule has 0 aromatic carbocycles. The Kier molecular flexibility index (Phi) is 4.05. The van der Waals surface area contributed by atoms with Gasteiger partial charge in [-0.3, -0.25) is 4.90 Å². The number of piperazine rings is 1. The summed E-state index contributed by atoms with van der Waals surface area (Å²) in [6.07, 6.45) is 1.89. The van der Waals surface area contributed by atoms with Crippen LogP contribution in [0.4, 0.5) is 5.82 Å². The molecule has 1 saturated heterocycles. The van der Waals surface area contributed by atoms with Crippen molar-refractivity contribution in [3.63, 3.8) is 0 Å². The van der Waals surface area contributed by atoms with Crippen molar-refractivity contribution in [1.29, 1.82) is 0 Å². The molecule has 1 fully saturated rings. The Labute approximate surface area is 112 Å². The molecule has 1 aliphatic rings. The van der Waals surface area contributed by atoms with Crippen LogP contribution in [-0.2, 0) is 0 Å². The van der Waals surface area contributed by atoms with Crippen molar-refractivity contribution < 1.29 is 0 Å². The van der Waals surface area contributed by atoms with Gasteiger partial charge in [0.2, 0.25) is 0 Å². The quantitative estimate of drug-likeness (QED) is 0.837. The number of hydrogen-bond acceptors (Lipinski definition) is 3. The molecule has 17 heavy (non-hydrogen) atoms. The topological polar surface area (TPSA) is 19.4 Å². The molecule has 94 valence electrons. The summed E-state index contributed by atoms with van der Waals surface area (Å²) in [4.78, 5) is 9.44. The lowest BCUT2D eigenvalue weighted by Crippen LogP contribution is -2.49. The first-order valence-corrected chi connectivity index (χ1v) is 6.98. The average Bonchev–Trinajstić information content (AvgIpc) is 2.29. The van der Waals surface area contributed by atoms with E-state index in [1.165, 1.54) is 5.56 Å². The van der Waals surface area contributed by atoms with E-state index in [1.807, 2.05) is 6.20 Å². The van der Waals surface area contributed by atoms with E-state index >= 15 is 0 Å².